The third kappa shape index (κ3) is 1.83. The molecule has 0 aliphatic rings. The summed E-state index contributed by atoms with van der Waals surface area (Å²) in [5.41, 5.74) is 2.89. The normalized spacial score (nSPS) is 11.8. The molecule has 1 heterocycles. The summed E-state index contributed by atoms with van der Waals surface area (Å²) in [6, 6.07) is 3.72. The minimum absolute atomic E-state index is 0.513. The summed E-state index contributed by atoms with van der Waals surface area (Å²) >= 11 is 5.75. The number of hydrogen-bond acceptors (Lipinski definition) is 2. The first-order chi connectivity index (χ1) is 5.65. The van der Waals surface area contributed by atoms with Crippen molar-refractivity contribution in [3.63, 3.8) is 0 Å². The largest absolute Gasteiger partial charge is 0.291 e. The van der Waals surface area contributed by atoms with Crippen LogP contribution < -0.4 is 0 Å². The first-order valence-corrected chi connectivity index (χ1v) is 4.10. The first-order valence-electron chi connectivity index (χ1n) is 3.72. The summed E-state index contributed by atoms with van der Waals surface area (Å²) in [4.78, 5) is 8.23. The second-order valence-corrected chi connectivity index (χ2v) is 3.00. The summed E-state index contributed by atoms with van der Waals surface area (Å²) < 4.78 is 0. The monoisotopic (exact) mass is 182 g/mol. The fourth-order valence-electron chi connectivity index (χ4n) is 0.977. The molecule has 0 unspecified atom stereocenters. The minimum Gasteiger partial charge on any atom is -0.291 e. The van der Waals surface area contributed by atoms with Crippen molar-refractivity contribution in [1.29, 1.82) is 0 Å². The molecule has 0 saturated carbocycles. The molecule has 2 nitrogen and oxygen atoms in total. The fraction of sp³-hybridized carbons (Fsp3) is 0.333. The van der Waals surface area contributed by atoms with Crippen LogP contribution in [0.15, 0.2) is 17.1 Å². The van der Waals surface area contributed by atoms with Crippen LogP contribution in [0.1, 0.15) is 18.2 Å². The zero-order chi connectivity index (χ0) is 9.14. The average molecular weight is 183 g/mol. The van der Waals surface area contributed by atoms with Crippen LogP contribution in [0.4, 0.5) is 0 Å². The Morgan fingerprint density at radius 3 is 2.75 bits per heavy atom. The van der Waals surface area contributed by atoms with Crippen molar-refractivity contribution in [2.75, 3.05) is 7.05 Å². The molecule has 0 fully saturated rings. The maximum atomic E-state index is 5.75. The van der Waals surface area contributed by atoms with Crippen molar-refractivity contribution in [2.45, 2.75) is 13.8 Å². The van der Waals surface area contributed by atoms with Crippen molar-refractivity contribution >= 4 is 17.3 Å². The Balaban J connectivity index is 3.23. The van der Waals surface area contributed by atoms with E-state index in [2.05, 4.69) is 9.98 Å². The number of pyridine rings is 1. The lowest BCUT2D eigenvalue weighted by Gasteiger charge is -2.03. The third-order valence-corrected chi connectivity index (χ3v) is 1.95. The molecule has 12 heavy (non-hydrogen) atoms. The summed E-state index contributed by atoms with van der Waals surface area (Å²) in [7, 11) is 1.75. The molecule has 1 rings (SSSR count). The molecule has 0 aliphatic carbocycles. The van der Waals surface area contributed by atoms with Crippen LogP contribution in [0.25, 0.3) is 0 Å². The second kappa shape index (κ2) is 3.68. The highest BCUT2D eigenvalue weighted by Crippen LogP contribution is 2.11. The molecule has 0 radical (unpaired) electrons. The molecule has 0 saturated heterocycles. The lowest BCUT2D eigenvalue weighted by atomic mass is 10.1. The molecule has 1 aromatic rings. The van der Waals surface area contributed by atoms with E-state index >= 15 is 0 Å². The van der Waals surface area contributed by atoms with Crippen molar-refractivity contribution in [3.05, 3.63) is 28.5 Å². The Kier molecular flexibility index (Phi) is 2.82. The van der Waals surface area contributed by atoms with Crippen molar-refractivity contribution in [2.24, 2.45) is 4.99 Å². The molecule has 0 spiro atoms. The average Bonchev–Trinajstić information content (AvgIpc) is 2.08. The highest BCUT2D eigenvalue weighted by molar-refractivity contribution is 6.29. The van der Waals surface area contributed by atoms with Crippen molar-refractivity contribution in [3.8, 4) is 0 Å². The van der Waals surface area contributed by atoms with E-state index < -0.39 is 0 Å². The van der Waals surface area contributed by atoms with E-state index in [4.69, 9.17) is 11.6 Å². The molecule has 3 heteroatoms. The van der Waals surface area contributed by atoms with E-state index in [1.165, 1.54) is 0 Å². The van der Waals surface area contributed by atoms with Gasteiger partial charge in [-0.3, -0.25) is 4.99 Å². The van der Waals surface area contributed by atoms with Gasteiger partial charge in [-0.1, -0.05) is 17.7 Å². The number of aliphatic imine (C=N–C) groups is 1. The van der Waals surface area contributed by atoms with Crippen LogP contribution in [0, 0.1) is 6.92 Å². The highest BCUT2D eigenvalue weighted by atomic mass is 35.5. The SMILES string of the molecule is C/N=C(/C)c1nc(Cl)ccc1C. The summed E-state index contributed by atoms with van der Waals surface area (Å²) in [5, 5.41) is 0.513. The second-order valence-electron chi connectivity index (χ2n) is 2.61. The van der Waals surface area contributed by atoms with Gasteiger partial charge >= 0.3 is 0 Å². The Bertz CT molecular complexity index is 318. The first kappa shape index (κ1) is 9.20. The van der Waals surface area contributed by atoms with Crippen molar-refractivity contribution < 1.29 is 0 Å². The lowest BCUT2D eigenvalue weighted by Crippen LogP contribution is -2.01. The van der Waals surface area contributed by atoms with Gasteiger partial charge in [0.15, 0.2) is 0 Å². The van der Waals surface area contributed by atoms with E-state index in [9.17, 15) is 0 Å². The van der Waals surface area contributed by atoms with Crippen molar-refractivity contribution in [1.82, 2.24) is 4.98 Å². The van der Waals surface area contributed by atoms with Gasteiger partial charge in [-0.15, -0.1) is 0 Å². The molecule has 64 valence electrons. The standard InChI is InChI=1S/C9H11ClN2/c1-6-4-5-8(10)12-9(6)7(2)11-3/h4-5H,1-3H3/b11-7-. The van der Waals surface area contributed by atoms with E-state index in [1.807, 2.05) is 19.9 Å². The van der Waals surface area contributed by atoms with E-state index in [-0.39, 0.29) is 0 Å². The predicted molar refractivity (Wildman–Crippen MR) is 52.1 cm³/mol. The minimum atomic E-state index is 0.513. The summed E-state index contributed by atoms with van der Waals surface area (Å²) in [6.45, 7) is 3.92. The molecule has 0 N–H and O–H groups in total. The third-order valence-electron chi connectivity index (χ3n) is 1.74. The Morgan fingerprint density at radius 1 is 1.50 bits per heavy atom. The molecule has 0 atom stereocenters. The zero-order valence-corrected chi connectivity index (χ0v) is 8.18. The van der Waals surface area contributed by atoms with Gasteiger partial charge in [0.2, 0.25) is 0 Å². The lowest BCUT2D eigenvalue weighted by molar-refractivity contribution is 1.22. The van der Waals surface area contributed by atoms with Gasteiger partial charge in [-0.2, -0.15) is 0 Å². The Morgan fingerprint density at radius 2 is 2.17 bits per heavy atom. The zero-order valence-electron chi connectivity index (χ0n) is 7.43. The molecule has 0 amide bonds. The Labute approximate surface area is 77.3 Å². The van der Waals surface area contributed by atoms with Crippen LogP contribution >= 0.6 is 11.6 Å². The van der Waals surface area contributed by atoms with Gasteiger partial charge in [0.05, 0.1) is 11.4 Å². The molecule has 1 aromatic heterocycles. The van der Waals surface area contributed by atoms with E-state index in [0.717, 1.165) is 17.0 Å². The quantitative estimate of drug-likeness (QED) is 0.484. The van der Waals surface area contributed by atoms with Crippen LogP contribution in [0.2, 0.25) is 5.15 Å². The molecular formula is C9H11ClN2. The maximum Gasteiger partial charge on any atom is 0.129 e. The van der Waals surface area contributed by atoms with Gasteiger partial charge < -0.3 is 0 Å². The predicted octanol–water partition coefficient (Wildman–Crippen LogP) is 2.48. The van der Waals surface area contributed by atoms with Gasteiger partial charge in [-0.25, -0.2) is 4.98 Å². The number of hydrogen-bond donors (Lipinski definition) is 0. The van der Waals surface area contributed by atoms with Crippen LogP contribution in [-0.4, -0.2) is 17.7 Å². The molecule has 0 bridgehead atoms. The molecule has 0 aliphatic heterocycles. The number of aryl methyl sites for hydroxylation is 1. The molecule has 0 aromatic carbocycles. The van der Waals surface area contributed by atoms with Gasteiger partial charge in [0.25, 0.3) is 0 Å². The summed E-state index contributed by atoms with van der Waals surface area (Å²) in [6.07, 6.45) is 0. The van der Waals surface area contributed by atoms with Gasteiger partial charge in [0, 0.05) is 7.05 Å². The topological polar surface area (TPSA) is 25.2 Å². The maximum absolute atomic E-state index is 5.75. The Hall–Kier alpha value is -0.890. The highest BCUT2D eigenvalue weighted by Gasteiger charge is 2.03. The van der Waals surface area contributed by atoms with Crippen LogP contribution in [0.3, 0.4) is 0 Å². The van der Waals surface area contributed by atoms with Gasteiger partial charge in [0.1, 0.15) is 5.15 Å². The van der Waals surface area contributed by atoms with Gasteiger partial charge in [-0.05, 0) is 25.5 Å². The van der Waals surface area contributed by atoms with E-state index in [1.54, 1.807) is 13.1 Å². The fourth-order valence-corrected chi connectivity index (χ4v) is 1.12. The van der Waals surface area contributed by atoms with Crippen LogP contribution in [0.5, 0.6) is 0 Å². The number of aromatic nitrogens is 1. The number of rotatable bonds is 1. The smallest absolute Gasteiger partial charge is 0.129 e. The van der Waals surface area contributed by atoms with Crippen LogP contribution in [-0.2, 0) is 0 Å². The number of nitrogens with zero attached hydrogens (tertiary/aromatic N) is 2. The molecular weight excluding hydrogens is 172 g/mol. The summed E-state index contributed by atoms with van der Waals surface area (Å²) in [5.74, 6) is 0. The number of halogens is 1. The van der Waals surface area contributed by atoms with E-state index in [0.29, 0.717) is 5.15 Å².